The fraction of sp³-hybridized carbons (Fsp3) is 0.562. The molecule has 0 aliphatic carbocycles. The second-order valence-electron chi connectivity index (χ2n) is 5.51. The van der Waals surface area contributed by atoms with Crippen molar-refractivity contribution in [2.45, 2.75) is 12.7 Å². The van der Waals surface area contributed by atoms with Crippen LogP contribution in [0.2, 0.25) is 0 Å². The summed E-state index contributed by atoms with van der Waals surface area (Å²) in [5.74, 6) is 0.287. The van der Waals surface area contributed by atoms with Gasteiger partial charge < -0.3 is 25.6 Å². The first-order valence-corrected chi connectivity index (χ1v) is 7.81. The molecular formula is C16H26N4O3. The molecule has 0 amide bonds. The Hall–Kier alpha value is -1.67. The summed E-state index contributed by atoms with van der Waals surface area (Å²) < 4.78 is 10.4. The maximum absolute atomic E-state index is 10.1. The van der Waals surface area contributed by atoms with Gasteiger partial charge in [-0.1, -0.05) is 18.2 Å². The maximum Gasteiger partial charge on any atom is 0.193 e. The minimum atomic E-state index is -0.539. The first-order chi connectivity index (χ1) is 11.2. The molecule has 0 radical (unpaired) electrons. The van der Waals surface area contributed by atoms with Gasteiger partial charge in [-0.3, -0.25) is 9.89 Å². The van der Waals surface area contributed by atoms with Crippen LogP contribution in [-0.4, -0.2) is 68.6 Å². The van der Waals surface area contributed by atoms with Crippen LogP contribution in [0.25, 0.3) is 0 Å². The van der Waals surface area contributed by atoms with Crippen LogP contribution in [-0.2, 0) is 16.1 Å². The number of hydrogen-bond acceptors (Lipinski definition) is 5. The zero-order valence-electron chi connectivity index (χ0n) is 13.6. The van der Waals surface area contributed by atoms with Crippen molar-refractivity contribution in [3.05, 3.63) is 29.8 Å². The van der Waals surface area contributed by atoms with Gasteiger partial charge in [0.05, 0.1) is 32.5 Å². The van der Waals surface area contributed by atoms with Crippen molar-refractivity contribution in [2.24, 2.45) is 10.7 Å². The number of β-amino-alcohol motifs (C(OH)–C–C–N with tert-alkyl or cyclic N) is 1. The molecule has 1 unspecified atom stereocenters. The highest BCUT2D eigenvalue weighted by molar-refractivity contribution is 5.92. The maximum atomic E-state index is 10.1. The Balaban J connectivity index is 1.82. The zero-order chi connectivity index (χ0) is 16.5. The Kier molecular flexibility index (Phi) is 7.28. The fourth-order valence-corrected chi connectivity index (χ4v) is 2.44. The molecule has 4 N–H and O–H groups in total. The summed E-state index contributed by atoms with van der Waals surface area (Å²) in [5.41, 5.74) is 7.77. The van der Waals surface area contributed by atoms with E-state index in [2.05, 4.69) is 15.2 Å². The molecule has 0 aromatic heterocycles. The molecule has 1 fully saturated rings. The van der Waals surface area contributed by atoms with E-state index >= 15 is 0 Å². The third-order valence-electron chi connectivity index (χ3n) is 3.62. The van der Waals surface area contributed by atoms with Gasteiger partial charge in [0.15, 0.2) is 5.96 Å². The lowest BCUT2D eigenvalue weighted by Gasteiger charge is -2.28. The van der Waals surface area contributed by atoms with Crippen molar-refractivity contribution < 1.29 is 14.6 Å². The van der Waals surface area contributed by atoms with Crippen molar-refractivity contribution >= 4 is 11.6 Å². The van der Waals surface area contributed by atoms with E-state index in [9.17, 15) is 5.11 Å². The highest BCUT2D eigenvalue weighted by Crippen LogP contribution is 2.15. The number of aliphatic imine (C=N–C) groups is 1. The van der Waals surface area contributed by atoms with Gasteiger partial charge in [0.2, 0.25) is 0 Å². The molecule has 7 heteroatoms. The summed E-state index contributed by atoms with van der Waals surface area (Å²) in [5, 5.41) is 13.1. The third-order valence-corrected chi connectivity index (χ3v) is 3.62. The number of anilines is 1. The molecule has 1 atom stereocenters. The number of aliphatic hydroxyl groups is 1. The molecule has 1 aliphatic heterocycles. The van der Waals surface area contributed by atoms with Crippen LogP contribution < -0.4 is 11.1 Å². The number of hydrogen-bond donors (Lipinski definition) is 3. The fourth-order valence-electron chi connectivity index (χ4n) is 2.44. The van der Waals surface area contributed by atoms with Crippen LogP contribution in [0.1, 0.15) is 5.56 Å². The summed E-state index contributed by atoms with van der Waals surface area (Å²) >= 11 is 0. The van der Waals surface area contributed by atoms with Crippen molar-refractivity contribution in [2.75, 3.05) is 51.8 Å². The van der Waals surface area contributed by atoms with Crippen molar-refractivity contribution in [1.82, 2.24) is 4.90 Å². The molecule has 1 aliphatic rings. The average Bonchev–Trinajstić information content (AvgIpc) is 2.56. The second kappa shape index (κ2) is 9.46. The van der Waals surface area contributed by atoms with Crippen molar-refractivity contribution in [1.29, 1.82) is 0 Å². The largest absolute Gasteiger partial charge is 0.390 e. The summed E-state index contributed by atoms with van der Waals surface area (Å²) in [6, 6.07) is 7.74. The Bertz CT molecular complexity index is 504. The monoisotopic (exact) mass is 322 g/mol. The summed E-state index contributed by atoms with van der Waals surface area (Å²) in [7, 11) is 1.65. The van der Waals surface area contributed by atoms with Crippen molar-refractivity contribution in [3.63, 3.8) is 0 Å². The quantitative estimate of drug-likeness (QED) is 0.492. The highest BCUT2D eigenvalue weighted by atomic mass is 16.5. The standard InChI is InChI=1S/C16H26N4O3/c1-22-12-13-4-2-3-5-15(13)19-16(17)18-10-14(21)11-20-6-8-23-9-7-20/h2-5,14,21H,6-12H2,1H3,(H3,17,18,19). The van der Waals surface area contributed by atoms with Gasteiger partial charge in [0, 0.05) is 38.0 Å². The first kappa shape index (κ1) is 17.7. The van der Waals surface area contributed by atoms with E-state index in [1.54, 1.807) is 7.11 Å². The van der Waals surface area contributed by atoms with E-state index in [1.165, 1.54) is 0 Å². The highest BCUT2D eigenvalue weighted by Gasteiger charge is 2.14. The van der Waals surface area contributed by atoms with Gasteiger partial charge in [-0.15, -0.1) is 0 Å². The smallest absolute Gasteiger partial charge is 0.193 e. The van der Waals surface area contributed by atoms with Crippen LogP contribution >= 0.6 is 0 Å². The SMILES string of the molecule is COCc1ccccc1NC(N)=NCC(O)CN1CCOCC1. The molecule has 1 saturated heterocycles. The van der Waals surface area contributed by atoms with E-state index in [0.717, 1.165) is 37.6 Å². The van der Waals surface area contributed by atoms with Gasteiger partial charge in [-0.2, -0.15) is 0 Å². The number of rotatable bonds is 7. The summed E-state index contributed by atoms with van der Waals surface area (Å²) in [4.78, 5) is 6.39. The molecule has 0 bridgehead atoms. The molecule has 7 nitrogen and oxygen atoms in total. The van der Waals surface area contributed by atoms with Crippen LogP contribution in [0, 0.1) is 0 Å². The Morgan fingerprint density at radius 2 is 2.17 bits per heavy atom. The second-order valence-corrected chi connectivity index (χ2v) is 5.51. The van der Waals surface area contributed by atoms with Crippen LogP contribution in [0.5, 0.6) is 0 Å². The Morgan fingerprint density at radius 3 is 2.91 bits per heavy atom. The molecule has 23 heavy (non-hydrogen) atoms. The number of aliphatic hydroxyl groups excluding tert-OH is 1. The predicted molar refractivity (Wildman–Crippen MR) is 90.5 cm³/mol. The Morgan fingerprint density at radius 1 is 1.43 bits per heavy atom. The number of ether oxygens (including phenoxy) is 2. The van der Waals surface area contributed by atoms with E-state index < -0.39 is 6.10 Å². The first-order valence-electron chi connectivity index (χ1n) is 7.81. The van der Waals surface area contributed by atoms with Gasteiger partial charge in [0.25, 0.3) is 0 Å². The number of methoxy groups -OCH3 is 1. The lowest BCUT2D eigenvalue weighted by molar-refractivity contribution is 0.0165. The molecule has 128 valence electrons. The zero-order valence-corrected chi connectivity index (χ0v) is 13.6. The molecule has 1 aromatic rings. The average molecular weight is 322 g/mol. The minimum Gasteiger partial charge on any atom is -0.390 e. The molecule has 2 rings (SSSR count). The molecule has 0 saturated carbocycles. The minimum absolute atomic E-state index is 0.267. The van der Waals surface area contributed by atoms with E-state index in [-0.39, 0.29) is 12.5 Å². The van der Waals surface area contributed by atoms with E-state index in [1.807, 2.05) is 24.3 Å². The molecule has 1 heterocycles. The van der Waals surface area contributed by atoms with Crippen LogP contribution in [0.15, 0.2) is 29.3 Å². The number of morpholine rings is 1. The number of para-hydroxylation sites is 1. The number of nitrogens with one attached hydrogen (secondary N) is 1. The van der Waals surface area contributed by atoms with E-state index in [0.29, 0.717) is 13.2 Å². The number of nitrogens with two attached hydrogens (primary N) is 1. The van der Waals surface area contributed by atoms with Gasteiger partial charge in [-0.25, -0.2) is 0 Å². The summed E-state index contributed by atoms with van der Waals surface area (Å²) in [6.07, 6.45) is -0.539. The number of benzene rings is 1. The van der Waals surface area contributed by atoms with Crippen molar-refractivity contribution in [3.8, 4) is 0 Å². The molecule has 0 spiro atoms. The lowest BCUT2D eigenvalue weighted by atomic mass is 10.2. The topological polar surface area (TPSA) is 92.3 Å². The van der Waals surface area contributed by atoms with Gasteiger partial charge in [0.1, 0.15) is 0 Å². The number of guanidine groups is 1. The van der Waals surface area contributed by atoms with Gasteiger partial charge >= 0.3 is 0 Å². The predicted octanol–water partition coefficient (Wildman–Crippen LogP) is 0.253. The van der Waals surface area contributed by atoms with Gasteiger partial charge in [-0.05, 0) is 6.07 Å². The normalized spacial score (nSPS) is 17.9. The van der Waals surface area contributed by atoms with E-state index in [4.69, 9.17) is 15.2 Å². The Labute approximate surface area is 137 Å². The van der Waals surface area contributed by atoms with Crippen LogP contribution in [0.4, 0.5) is 5.69 Å². The molecular weight excluding hydrogens is 296 g/mol. The summed E-state index contributed by atoms with van der Waals surface area (Å²) in [6.45, 7) is 4.48. The molecule has 1 aromatic carbocycles. The number of nitrogens with zero attached hydrogens (tertiary/aromatic N) is 2. The lowest BCUT2D eigenvalue weighted by Crippen LogP contribution is -2.42. The third kappa shape index (κ3) is 6.15. The van der Waals surface area contributed by atoms with Crippen LogP contribution in [0.3, 0.4) is 0 Å².